The van der Waals surface area contributed by atoms with Crippen molar-refractivity contribution in [2.45, 2.75) is 37.0 Å². The summed E-state index contributed by atoms with van der Waals surface area (Å²) in [6.45, 7) is 1.53. The number of fused-ring (bicyclic) bond motifs is 1. The second-order valence-corrected chi connectivity index (χ2v) is 8.50. The number of hydrogen-bond acceptors (Lipinski definition) is 4. The zero-order valence-corrected chi connectivity index (χ0v) is 14.6. The summed E-state index contributed by atoms with van der Waals surface area (Å²) in [5.41, 5.74) is 7.80. The first-order valence-corrected chi connectivity index (χ1v) is 10.1. The van der Waals surface area contributed by atoms with Crippen LogP contribution in [0.5, 0.6) is 0 Å². The number of benzene rings is 1. The van der Waals surface area contributed by atoms with Crippen LogP contribution in [0.3, 0.4) is 0 Å². The van der Waals surface area contributed by atoms with Gasteiger partial charge in [-0.25, -0.2) is 8.42 Å². The van der Waals surface area contributed by atoms with E-state index in [2.05, 4.69) is 5.32 Å². The molecule has 132 valence electrons. The SMILES string of the molecule is NCCNC(=O)C1CCCN(S(=O)(=O)c2ccc3c(c2)CCC3)C1. The Hall–Kier alpha value is -1.44. The van der Waals surface area contributed by atoms with Crippen molar-refractivity contribution in [1.82, 2.24) is 9.62 Å². The third-order valence-electron chi connectivity index (χ3n) is 4.91. The number of carbonyl (C=O) groups is 1. The molecule has 0 spiro atoms. The maximum absolute atomic E-state index is 12.9. The van der Waals surface area contributed by atoms with Crippen LogP contribution in [0.1, 0.15) is 30.4 Å². The summed E-state index contributed by atoms with van der Waals surface area (Å²) in [5.74, 6) is -0.399. The topological polar surface area (TPSA) is 92.5 Å². The van der Waals surface area contributed by atoms with Gasteiger partial charge in [-0.05, 0) is 55.4 Å². The van der Waals surface area contributed by atoms with Crippen LogP contribution in [-0.4, -0.2) is 44.8 Å². The van der Waals surface area contributed by atoms with Crippen molar-refractivity contribution in [2.24, 2.45) is 11.7 Å². The second-order valence-electron chi connectivity index (χ2n) is 6.57. The Morgan fingerprint density at radius 1 is 1.25 bits per heavy atom. The first-order chi connectivity index (χ1) is 11.5. The first kappa shape index (κ1) is 17.4. The monoisotopic (exact) mass is 351 g/mol. The third kappa shape index (κ3) is 3.48. The number of carbonyl (C=O) groups excluding carboxylic acids is 1. The maximum Gasteiger partial charge on any atom is 0.243 e. The van der Waals surface area contributed by atoms with Crippen molar-refractivity contribution in [2.75, 3.05) is 26.2 Å². The van der Waals surface area contributed by atoms with Crippen LogP contribution in [0.25, 0.3) is 0 Å². The molecule has 1 heterocycles. The van der Waals surface area contributed by atoms with Gasteiger partial charge in [0.05, 0.1) is 10.8 Å². The average Bonchev–Trinajstić information content (AvgIpc) is 3.07. The largest absolute Gasteiger partial charge is 0.355 e. The molecule has 1 aromatic rings. The summed E-state index contributed by atoms with van der Waals surface area (Å²) in [5, 5.41) is 2.76. The maximum atomic E-state index is 12.9. The summed E-state index contributed by atoms with van der Waals surface area (Å²) in [7, 11) is -3.54. The van der Waals surface area contributed by atoms with Crippen molar-refractivity contribution >= 4 is 15.9 Å². The van der Waals surface area contributed by atoms with Gasteiger partial charge < -0.3 is 11.1 Å². The van der Waals surface area contributed by atoms with E-state index < -0.39 is 10.0 Å². The Bertz CT molecular complexity index is 718. The Balaban J connectivity index is 1.75. The van der Waals surface area contributed by atoms with Crippen molar-refractivity contribution in [3.63, 3.8) is 0 Å². The number of piperidine rings is 1. The minimum Gasteiger partial charge on any atom is -0.355 e. The molecule has 7 heteroatoms. The van der Waals surface area contributed by atoms with E-state index in [0.717, 1.165) is 24.8 Å². The molecule has 1 aliphatic heterocycles. The highest BCUT2D eigenvalue weighted by molar-refractivity contribution is 7.89. The molecule has 1 aromatic carbocycles. The number of hydrogen-bond donors (Lipinski definition) is 2. The minimum atomic E-state index is -3.54. The van der Waals surface area contributed by atoms with E-state index in [1.807, 2.05) is 12.1 Å². The molecule has 24 heavy (non-hydrogen) atoms. The zero-order chi connectivity index (χ0) is 17.2. The summed E-state index contributed by atoms with van der Waals surface area (Å²) >= 11 is 0. The Morgan fingerprint density at radius 2 is 2.04 bits per heavy atom. The molecule has 0 bridgehead atoms. The molecule has 0 radical (unpaired) electrons. The quantitative estimate of drug-likeness (QED) is 0.815. The molecule has 3 rings (SSSR count). The molecule has 1 saturated heterocycles. The number of aryl methyl sites for hydroxylation is 2. The average molecular weight is 351 g/mol. The van der Waals surface area contributed by atoms with Crippen LogP contribution in [0.15, 0.2) is 23.1 Å². The lowest BCUT2D eigenvalue weighted by Gasteiger charge is -2.31. The first-order valence-electron chi connectivity index (χ1n) is 8.62. The molecule has 1 fully saturated rings. The summed E-state index contributed by atoms with van der Waals surface area (Å²) in [4.78, 5) is 12.5. The van der Waals surface area contributed by atoms with Crippen LogP contribution in [0.2, 0.25) is 0 Å². The van der Waals surface area contributed by atoms with Gasteiger partial charge in [0.2, 0.25) is 15.9 Å². The Morgan fingerprint density at radius 3 is 2.83 bits per heavy atom. The number of rotatable bonds is 5. The molecule has 2 aliphatic rings. The lowest BCUT2D eigenvalue weighted by atomic mass is 9.99. The number of sulfonamides is 1. The summed E-state index contributed by atoms with van der Waals surface area (Å²) < 4.78 is 27.3. The fraction of sp³-hybridized carbons (Fsp3) is 0.588. The molecule has 1 aliphatic carbocycles. The second kappa shape index (κ2) is 7.21. The molecule has 0 saturated carbocycles. The van der Waals surface area contributed by atoms with Crippen molar-refractivity contribution < 1.29 is 13.2 Å². The Kier molecular flexibility index (Phi) is 5.22. The molecular weight excluding hydrogens is 326 g/mol. The van der Waals surface area contributed by atoms with E-state index in [-0.39, 0.29) is 18.4 Å². The van der Waals surface area contributed by atoms with Gasteiger partial charge in [-0.2, -0.15) is 4.31 Å². The summed E-state index contributed by atoms with van der Waals surface area (Å²) in [6, 6.07) is 5.46. The predicted molar refractivity (Wildman–Crippen MR) is 92.0 cm³/mol. The number of amides is 1. The minimum absolute atomic E-state index is 0.102. The highest BCUT2D eigenvalue weighted by Crippen LogP contribution is 2.28. The number of nitrogens with one attached hydrogen (secondary N) is 1. The van der Waals surface area contributed by atoms with Gasteiger partial charge in [0.25, 0.3) is 0 Å². The highest BCUT2D eigenvalue weighted by Gasteiger charge is 2.33. The smallest absolute Gasteiger partial charge is 0.243 e. The molecule has 6 nitrogen and oxygen atoms in total. The van der Waals surface area contributed by atoms with E-state index in [0.29, 0.717) is 37.4 Å². The lowest BCUT2D eigenvalue weighted by molar-refractivity contribution is -0.126. The van der Waals surface area contributed by atoms with Gasteiger partial charge >= 0.3 is 0 Å². The molecule has 0 aromatic heterocycles. The van der Waals surface area contributed by atoms with E-state index in [1.54, 1.807) is 6.07 Å². The van der Waals surface area contributed by atoms with Gasteiger partial charge in [0.1, 0.15) is 0 Å². The normalized spacial score (nSPS) is 21.5. The fourth-order valence-electron chi connectivity index (χ4n) is 3.57. The summed E-state index contributed by atoms with van der Waals surface area (Å²) in [6.07, 6.45) is 4.48. The van der Waals surface area contributed by atoms with Crippen LogP contribution < -0.4 is 11.1 Å². The van der Waals surface area contributed by atoms with Crippen LogP contribution in [-0.2, 0) is 27.7 Å². The van der Waals surface area contributed by atoms with Gasteiger partial charge in [0.15, 0.2) is 0 Å². The van der Waals surface area contributed by atoms with Gasteiger partial charge in [-0.15, -0.1) is 0 Å². The highest BCUT2D eigenvalue weighted by atomic mass is 32.2. The molecular formula is C17H25N3O3S. The van der Waals surface area contributed by atoms with Gasteiger partial charge in [-0.3, -0.25) is 4.79 Å². The fourth-order valence-corrected chi connectivity index (χ4v) is 5.15. The molecule has 1 amide bonds. The zero-order valence-electron chi connectivity index (χ0n) is 13.8. The van der Waals surface area contributed by atoms with Crippen LogP contribution in [0, 0.1) is 5.92 Å². The number of nitrogens with zero attached hydrogens (tertiary/aromatic N) is 1. The van der Waals surface area contributed by atoms with E-state index in [9.17, 15) is 13.2 Å². The lowest BCUT2D eigenvalue weighted by Crippen LogP contribution is -2.46. The van der Waals surface area contributed by atoms with Crippen LogP contribution >= 0.6 is 0 Å². The van der Waals surface area contributed by atoms with Gasteiger partial charge in [0, 0.05) is 26.2 Å². The van der Waals surface area contributed by atoms with Crippen LogP contribution in [0.4, 0.5) is 0 Å². The molecule has 3 N–H and O–H groups in total. The third-order valence-corrected chi connectivity index (χ3v) is 6.77. The van der Waals surface area contributed by atoms with Crippen molar-refractivity contribution in [3.05, 3.63) is 29.3 Å². The number of nitrogens with two attached hydrogens (primary N) is 1. The van der Waals surface area contributed by atoms with Gasteiger partial charge in [-0.1, -0.05) is 6.07 Å². The van der Waals surface area contributed by atoms with E-state index in [4.69, 9.17) is 5.73 Å². The van der Waals surface area contributed by atoms with Crippen molar-refractivity contribution in [3.8, 4) is 0 Å². The standard InChI is InChI=1S/C17H25N3O3S/c18-8-9-19-17(21)15-5-2-10-20(12-15)24(22,23)16-7-6-13-3-1-4-14(13)11-16/h6-7,11,15H,1-5,8-10,12,18H2,(H,19,21). The van der Waals surface area contributed by atoms with E-state index in [1.165, 1.54) is 9.87 Å². The molecule has 1 unspecified atom stereocenters. The Labute approximate surface area is 143 Å². The van der Waals surface area contributed by atoms with E-state index >= 15 is 0 Å². The van der Waals surface area contributed by atoms with Crippen molar-refractivity contribution in [1.29, 1.82) is 0 Å². The molecule has 1 atom stereocenters. The predicted octanol–water partition coefficient (Wildman–Crippen LogP) is 0.651.